The zero-order valence-electron chi connectivity index (χ0n) is 54.8. The van der Waals surface area contributed by atoms with Gasteiger partial charge in [0.2, 0.25) is 0 Å². The van der Waals surface area contributed by atoms with Gasteiger partial charge in [0.1, 0.15) is 39.1 Å². The molecule has 3 aromatic heterocycles. The quantitative estimate of drug-likeness (QED) is 0.146. The lowest BCUT2D eigenvalue weighted by Gasteiger charge is -2.24. The molecule has 3 atom stereocenters. The van der Waals surface area contributed by atoms with Crippen LogP contribution in [0.15, 0.2) is 142 Å². The van der Waals surface area contributed by atoms with Crippen LogP contribution in [-0.2, 0) is 14.2 Å². The van der Waals surface area contributed by atoms with Crippen LogP contribution in [0.3, 0.4) is 0 Å². The molecule has 3 aliphatic heterocycles. The van der Waals surface area contributed by atoms with Crippen molar-refractivity contribution in [2.75, 3.05) is 39.3 Å². The molecule has 3 aliphatic rings. The van der Waals surface area contributed by atoms with E-state index in [0.29, 0.717) is 95.8 Å². The molecule has 0 bridgehead atoms. The number of carbonyl (C=O) groups is 3. The van der Waals surface area contributed by atoms with Gasteiger partial charge < -0.3 is 38.8 Å². The van der Waals surface area contributed by atoms with Crippen LogP contribution in [0.25, 0.3) is 66.1 Å². The van der Waals surface area contributed by atoms with Crippen LogP contribution in [-0.4, -0.2) is 152 Å². The highest BCUT2D eigenvalue weighted by atomic mass is 19.4. The van der Waals surface area contributed by atoms with Gasteiger partial charge in [-0.25, -0.2) is 28.8 Å². The zero-order valence-corrected chi connectivity index (χ0v) is 54.8. The number of nitrogens with one attached hydrogen (secondary N) is 1. The monoisotopic (exact) mass is 1320 g/mol. The van der Waals surface area contributed by atoms with Crippen molar-refractivity contribution in [1.29, 1.82) is 0 Å². The fourth-order valence-electron chi connectivity index (χ4n) is 10.6. The predicted octanol–water partition coefficient (Wildman–Crippen LogP) is 12.4. The first-order valence-corrected chi connectivity index (χ1v) is 31.0. The third-order valence-electron chi connectivity index (χ3n) is 15.2. The molecule has 9 aromatic rings. The van der Waals surface area contributed by atoms with E-state index in [1.165, 1.54) is 54.6 Å². The zero-order chi connectivity index (χ0) is 68.7. The number of rotatable bonds is 6. The molecule has 0 radical (unpaired) electrons. The molecule has 2 N–H and O–H groups in total. The Morgan fingerprint density at radius 3 is 1.19 bits per heavy atom. The van der Waals surface area contributed by atoms with E-state index in [1.807, 2.05) is 128 Å². The van der Waals surface area contributed by atoms with Crippen molar-refractivity contribution in [3.63, 3.8) is 0 Å². The number of nitrogens with zero attached hydrogens (tertiary/aromatic N) is 11. The summed E-state index contributed by atoms with van der Waals surface area (Å²) < 4.78 is 59.7. The lowest BCUT2D eigenvalue weighted by Crippen LogP contribution is -2.36. The van der Waals surface area contributed by atoms with Crippen molar-refractivity contribution in [1.82, 2.24) is 60.1 Å². The SMILES string of the molecule is C.CC(C)(C)OC(=O)N1CCC(n2nnc3ccc(-c4ccc(OC(F)(F)F)cc4)cc3c2=O)C1.CC(C)(C)OC(=O)N1CC[C@H](O)C1.Cc1ccc(-c2ccc3nn[nH]c(=O)c3c2)cc1.Cc1ccc(-c2ccc3nnn([C@@H]4CCN(C(=O)OC(C)(C)C)C4)c(=O)c3c2)cc1. The van der Waals surface area contributed by atoms with E-state index in [0.717, 1.165) is 22.3 Å². The number of aliphatic hydroxyl groups excluding tert-OH is 1. The highest BCUT2D eigenvalue weighted by Crippen LogP contribution is 2.30. The summed E-state index contributed by atoms with van der Waals surface area (Å²) in [6, 6.07) is 37.4. The molecule has 26 heteroatoms. The van der Waals surface area contributed by atoms with Gasteiger partial charge in [0.25, 0.3) is 16.7 Å². The van der Waals surface area contributed by atoms with Crippen LogP contribution >= 0.6 is 0 Å². The van der Waals surface area contributed by atoms with Crippen molar-refractivity contribution in [2.24, 2.45) is 0 Å². The van der Waals surface area contributed by atoms with E-state index in [-0.39, 0.29) is 66.8 Å². The number of halogens is 3. The average molecular weight is 1320 g/mol. The maximum Gasteiger partial charge on any atom is 0.573 e. The molecule has 0 aliphatic carbocycles. The van der Waals surface area contributed by atoms with Gasteiger partial charge in [0.05, 0.1) is 34.3 Å². The van der Waals surface area contributed by atoms with Gasteiger partial charge in [-0.05, 0) is 177 Å². The summed E-state index contributed by atoms with van der Waals surface area (Å²) in [5, 5.41) is 37.0. The number of aromatic amines is 1. The first kappa shape index (κ1) is 71.7. The van der Waals surface area contributed by atoms with E-state index in [4.69, 9.17) is 14.2 Å². The van der Waals surface area contributed by atoms with Crippen molar-refractivity contribution in [3.05, 3.63) is 170 Å². The summed E-state index contributed by atoms with van der Waals surface area (Å²) in [6.45, 7) is 23.0. The summed E-state index contributed by atoms with van der Waals surface area (Å²) in [5.41, 5.74) is 6.88. The van der Waals surface area contributed by atoms with Crippen LogP contribution in [0.2, 0.25) is 0 Å². The Balaban J connectivity index is 0.000000173. The van der Waals surface area contributed by atoms with Crippen LogP contribution in [0.1, 0.15) is 112 Å². The number of benzene rings is 6. The standard InChI is InChI=1S/C23H23F3N4O4.C23H26N4O3.C14H11N3O.C9H17NO3.CH4/c1-22(2,3)34-21(32)29-11-10-16(13-29)30-20(31)18-12-15(6-9-19(18)27-28-30)14-4-7-17(8-5-14)33-23(24,25)26;1-15-5-7-16(8-6-15)17-9-10-20-19(13-17)21(28)27(25-24-20)18-11-12-26(14-18)22(29)30-23(2,3)4;1-9-2-4-10(5-3-9)11-6-7-13-12(8-11)14(18)16-17-15-13;1-9(2,3)13-8(12)10-5-4-7(11)6-10;/h4-9,12,16H,10-11,13H2,1-3H3;5-10,13,18H,11-12,14H2,1-4H3;2-8H,1H3,(H,15,16,18);7,11H,4-6H2,1-3H3;1H4/t;18-;;7-;/m.1.0./s1. The molecule has 23 nitrogen and oxygen atoms in total. The lowest BCUT2D eigenvalue weighted by molar-refractivity contribution is -0.274. The fraction of sp³-hybridized carbons (Fsp3) is 0.400. The molecule has 6 heterocycles. The maximum absolute atomic E-state index is 13.2. The molecular weight excluding hydrogens is 1240 g/mol. The number of ether oxygens (including phenoxy) is 4. The smallest absolute Gasteiger partial charge is 0.444 e. The molecule has 3 saturated heterocycles. The number of likely N-dealkylation sites (tertiary alicyclic amines) is 3. The lowest BCUT2D eigenvalue weighted by atomic mass is 10.0. The molecule has 12 rings (SSSR count). The number of hydrogen-bond acceptors (Lipinski definition) is 17. The number of carbonyl (C=O) groups excluding carboxylic acids is 3. The van der Waals surface area contributed by atoms with Gasteiger partial charge in [-0.15, -0.1) is 28.5 Å². The number of aliphatic hydroxyl groups is 1. The summed E-state index contributed by atoms with van der Waals surface area (Å²) in [6.07, 6.45) is -4.48. The maximum atomic E-state index is 13.2. The number of alkyl halides is 3. The van der Waals surface area contributed by atoms with E-state index in [1.54, 1.807) is 43.9 Å². The average Bonchev–Trinajstić information content (AvgIpc) is 1.33. The van der Waals surface area contributed by atoms with Crippen molar-refractivity contribution in [3.8, 4) is 39.1 Å². The Morgan fingerprint density at radius 2 is 0.823 bits per heavy atom. The third kappa shape index (κ3) is 19.1. The normalized spacial score (nSPS) is 16.3. The number of amides is 3. The summed E-state index contributed by atoms with van der Waals surface area (Å²) in [7, 11) is 0. The largest absolute Gasteiger partial charge is 0.573 e. The Kier molecular flexibility index (Phi) is 22.2. The van der Waals surface area contributed by atoms with Crippen molar-refractivity contribution in [2.45, 2.75) is 144 Å². The van der Waals surface area contributed by atoms with Gasteiger partial charge >= 0.3 is 24.6 Å². The highest BCUT2D eigenvalue weighted by Gasteiger charge is 2.35. The molecule has 1 unspecified atom stereocenters. The van der Waals surface area contributed by atoms with Gasteiger partial charge in [-0.1, -0.05) is 113 Å². The molecule has 0 saturated carbocycles. The molecule has 3 fully saturated rings. The van der Waals surface area contributed by atoms with E-state index in [2.05, 4.69) is 52.9 Å². The number of aryl methyl sites for hydroxylation is 2. The second-order valence-corrected chi connectivity index (χ2v) is 26.4. The molecule has 0 spiro atoms. The summed E-state index contributed by atoms with van der Waals surface area (Å²) >= 11 is 0. The number of fused-ring (bicyclic) bond motifs is 3. The first-order chi connectivity index (χ1) is 44.7. The van der Waals surface area contributed by atoms with Crippen LogP contribution in [0, 0.1) is 13.8 Å². The van der Waals surface area contributed by atoms with Crippen molar-refractivity contribution < 1.29 is 51.6 Å². The highest BCUT2D eigenvalue weighted by molar-refractivity contribution is 5.85. The number of H-pyrrole nitrogens is 1. The van der Waals surface area contributed by atoms with Gasteiger partial charge in [0.15, 0.2) is 0 Å². The second kappa shape index (κ2) is 29.7. The Morgan fingerprint density at radius 1 is 0.479 bits per heavy atom. The first-order valence-electron chi connectivity index (χ1n) is 31.0. The van der Waals surface area contributed by atoms with Crippen LogP contribution < -0.4 is 21.4 Å². The Bertz CT molecular complexity index is 4410. The Hall–Kier alpha value is -10.1. The van der Waals surface area contributed by atoms with Crippen molar-refractivity contribution >= 4 is 51.0 Å². The molecule has 96 heavy (non-hydrogen) atoms. The van der Waals surface area contributed by atoms with E-state index >= 15 is 0 Å². The second-order valence-electron chi connectivity index (χ2n) is 26.4. The Labute approximate surface area is 552 Å². The minimum Gasteiger partial charge on any atom is -0.444 e. The molecule has 6 aromatic carbocycles. The minimum atomic E-state index is -4.77. The van der Waals surface area contributed by atoms with Gasteiger partial charge in [-0.3, -0.25) is 14.4 Å². The summed E-state index contributed by atoms with van der Waals surface area (Å²) in [5.74, 6) is -0.332. The van der Waals surface area contributed by atoms with E-state index in [9.17, 15) is 47.0 Å². The number of β-amino-alcohol motifs (C(OH)–C–C–N with tert-alkyl or cyclic N) is 1. The molecular formula is C70H81F3N12O11. The van der Waals surface area contributed by atoms with Gasteiger partial charge in [0, 0.05) is 39.3 Å². The minimum absolute atomic E-state index is 0. The van der Waals surface area contributed by atoms with Gasteiger partial charge in [-0.2, -0.15) is 0 Å². The van der Waals surface area contributed by atoms with E-state index < -0.39 is 29.3 Å². The number of hydrogen-bond donors (Lipinski definition) is 2. The topological polar surface area (TPSA) is 272 Å². The molecule has 508 valence electrons. The van der Waals surface area contributed by atoms with Crippen LogP contribution in [0.4, 0.5) is 27.6 Å². The third-order valence-corrected chi connectivity index (χ3v) is 15.2. The fourth-order valence-corrected chi connectivity index (χ4v) is 10.6. The predicted molar refractivity (Wildman–Crippen MR) is 358 cm³/mol. The summed E-state index contributed by atoms with van der Waals surface area (Å²) in [4.78, 5) is 78.8. The number of aromatic nitrogens is 9. The van der Waals surface area contributed by atoms with Crippen LogP contribution in [0.5, 0.6) is 5.75 Å². The molecule has 3 amide bonds.